The van der Waals surface area contributed by atoms with Crippen LogP contribution in [0.1, 0.15) is 21.6 Å². The van der Waals surface area contributed by atoms with Crippen molar-refractivity contribution < 1.29 is 23.0 Å². The summed E-state index contributed by atoms with van der Waals surface area (Å²) >= 11 is 0. The molecule has 2 aromatic heterocycles. The molecule has 1 aliphatic heterocycles. The summed E-state index contributed by atoms with van der Waals surface area (Å²) in [5, 5.41) is 0. The Kier molecular flexibility index (Phi) is 5.18. The Hall–Kier alpha value is -3.75. The third kappa shape index (κ3) is 3.52. The molecule has 1 amide bonds. The highest BCUT2D eigenvalue weighted by Crippen LogP contribution is 2.38. The van der Waals surface area contributed by atoms with E-state index in [4.69, 9.17) is 9.47 Å². The Morgan fingerprint density at radius 2 is 1.68 bits per heavy atom. The van der Waals surface area contributed by atoms with Gasteiger partial charge in [0.15, 0.2) is 11.6 Å². The van der Waals surface area contributed by atoms with E-state index in [0.717, 1.165) is 6.07 Å². The van der Waals surface area contributed by atoms with E-state index < -0.39 is 11.7 Å². The molecule has 0 fully saturated rings. The zero-order valence-corrected chi connectivity index (χ0v) is 17.4. The predicted molar refractivity (Wildman–Crippen MR) is 111 cm³/mol. The lowest BCUT2D eigenvalue weighted by atomic mass is 10.1. The van der Waals surface area contributed by atoms with Gasteiger partial charge >= 0.3 is 0 Å². The number of rotatable bonds is 4. The minimum atomic E-state index is -0.753. The minimum absolute atomic E-state index is 0.0588. The summed E-state index contributed by atoms with van der Waals surface area (Å²) < 4.78 is 38.3. The Morgan fingerprint density at radius 1 is 0.935 bits per heavy atom. The Bertz CT molecular complexity index is 1190. The molecule has 3 aromatic rings. The molecule has 160 valence electrons. The van der Waals surface area contributed by atoms with Gasteiger partial charge in [0.25, 0.3) is 11.8 Å². The van der Waals surface area contributed by atoms with Crippen LogP contribution in [0, 0.1) is 25.5 Å². The van der Waals surface area contributed by atoms with Gasteiger partial charge in [0.05, 0.1) is 31.2 Å². The number of nitrogens with zero attached hydrogens (tertiary/aromatic N) is 4. The number of carbonyl (C=O) groups is 1. The smallest absolute Gasteiger partial charge is 0.263 e. The normalized spacial score (nSPS) is 13.3. The highest BCUT2D eigenvalue weighted by atomic mass is 19.1. The third-order valence-corrected chi connectivity index (χ3v) is 5.11. The largest absolute Gasteiger partial charge is 0.481 e. The van der Waals surface area contributed by atoms with Crippen LogP contribution in [0.15, 0.2) is 36.4 Å². The molecule has 1 aliphatic rings. The molecule has 1 aromatic carbocycles. The van der Waals surface area contributed by atoms with Gasteiger partial charge in [-0.05, 0) is 49.7 Å². The molecule has 0 bridgehead atoms. The van der Waals surface area contributed by atoms with Crippen molar-refractivity contribution in [1.29, 1.82) is 0 Å². The summed E-state index contributed by atoms with van der Waals surface area (Å²) in [6.07, 6.45) is 0. The summed E-state index contributed by atoms with van der Waals surface area (Å²) in [6.45, 7) is 3.57. The second kappa shape index (κ2) is 7.82. The van der Waals surface area contributed by atoms with Gasteiger partial charge in [-0.2, -0.15) is 4.98 Å². The second-order valence-corrected chi connectivity index (χ2v) is 7.04. The van der Waals surface area contributed by atoms with Crippen molar-refractivity contribution in [2.75, 3.05) is 30.7 Å². The first kappa shape index (κ1) is 20.5. The van der Waals surface area contributed by atoms with Gasteiger partial charge < -0.3 is 14.4 Å². The summed E-state index contributed by atoms with van der Waals surface area (Å²) in [5.74, 6) is -1.16. The fourth-order valence-corrected chi connectivity index (χ4v) is 3.61. The number of hydrogen-bond acceptors (Lipinski definition) is 6. The van der Waals surface area contributed by atoms with E-state index in [1.165, 1.54) is 31.3 Å². The number of amides is 1. The molecule has 9 heteroatoms. The second-order valence-electron chi connectivity index (χ2n) is 7.04. The molecule has 0 unspecified atom stereocenters. The Balaban J connectivity index is 1.90. The standard InChI is InChI=1S/C22H20F2N4O3/c1-12-9-14(23)5-6-17(12)27-11-28(18-7-8-19(30-3)25-13(18)2)22(29)15-10-16(24)21(31-4)26-20(15)27/h5-10H,11H2,1-4H3. The van der Waals surface area contributed by atoms with E-state index >= 15 is 0 Å². The maximum Gasteiger partial charge on any atom is 0.263 e. The maximum absolute atomic E-state index is 14.5. The van der Waals surface area contributed by atoms with Gasteiger partial charge in [-0.1, -0.05) is 0 Å². The van der Waals surface area contributed by atoms with Crippen molar-refractivity contribution in [2.45, 2.75) is 13.8 Å². The van der Waals surface area contributed by atoms with E-state index in [1.807, 2.05) is 0 Å². The van der Waals surface area contributed by atoms with E-state index in [0.29, 0.717) is 28.5 Å². The first-order valence-electron chi connectivity index (χ1n) is 9.45. The molecular formula is C22H20F2N4O3. The Morgan fingerprint density at radius 3 is 2.32 bits per heavy atom. The van der Waals surface area contributed by atoms with E-state index in [-0.39, 0.29) is 29.7 Å². The summed E-state index contributed by atoms with van der Waals surface area (Å²) in [7, 11) is 2.80. The fourth-order valence-electron chi connectivity index (χ4n) is 3.61. The van der Waals surface area contributed by atoms with Crippen LogP contribution >= 0.6 is 0 Å². The highest BCUT2D eigenvalue weighted by molar-refractivity contribution is 6.12. The van der Waals surface area contributed by atoms with E-state index in [1.54, 1.807) is 36.9 Å². The molecular weight excluding hydrogens is 406 g/mol. The zero-order chi connectivity index (χ0) is 22.3. The SMILES string of the molecule is COc1ccc(N2CN(c3ccc(F)cc3C)c3nc(OC)c(F)cc3C2=O)c(C)n1. The zero-order valence-electron chi connectivity index (χ0n) is 17.4. The average molecular weight is 426 g/mol. The molecule has 0 N–H and O–H groups in total. The number of halogens is 2. The number of benzene rings is 1. The van der Waals surface area contributed by atoms with Gasteiger partial charge in [0.2, 0.25) is 5.88 Å². The molecule has 4 rings (SSSR count). The first-order valence-corrected chi connectivity index (χ1v) is 9.45. The van der Waals surface area contributed by atoms with Crippen LogP contribution in [-0.2, 0) is 0 Å². The van der Waals surface area contributed by atoms with E-state index in [9.17, 15) is 13.6 Å². The van der Waals surface area contributed by atoms with E-state index in [2.05, 4.69) is 9.97 Å². The number of fused-ring (bicyclic) bond motifs is 1. The Labute approximate surface area is 177 Å². The van der Waals surface area contributed by atoms with Crippen LogP contribution in [0.5, 0.6) is 11.8 Å². The van der Waals surface area contributed by atoms with Crippen molar-refractivity contribution in [1.82, 2.24) is 9.97 Å². The number of carbonyl (C=O) groups excluding carboxylic acids is 1. The summed E-state index contributed by atoms with van der Waals surface area (Å²) in [6, 6.07) is 8.77. The van der Waals surface area contributed by atoms with Crippen LogP contribution in [0.2, 0.25) is 0 Å². The molecule has 3 heterocycles. The van der Waals surface area contributed by atoms with Gasteiger partial charge in [0.1, 0.15) is 12.5 Å². The molecule has 0 aliphatic carbocycles. The lowest BCUT2D eigenvalue weighted by molar-refractivity contribution is 0.0982. The number of pyridine rings is 2. The van der Waals surface area contributed by atoms with Crippen molar-refractivity contribution in [2.24, 2.45) is 0 Å². The monoisotopic (exact) mass is 426 g/mol. The van der Waals surface area contributed by atoms with Crippen LogP contribution < -0.4 is 19.3 Å². The van der Waals surface area contributed by atoms with Crippen LogP contribution in [-0.4, -0.2) is 36.8 Å². The minimum Gasteiger partial charge on any atom is -0.481 e. The number of anilines is 3. The van der Waals surface area contributed by atoms with Crippen molar-refractivity contribution in [3.05, 3.63) is 64.9 Å². The molecule has 0 saturated carbocycles. The van der Waals surface area contributed by atoms with Crippen LogP contribution in [0.3, 0.4) is 0 Å². The lowest BCUT2D eigenvalue weighted by Gasteiger charge is -2.38. The molecule has 31 heavy (non-hydrogen) atoms. The van der Waals surface area contributed by atoms with Crippen molar-refractivity contribution in [3.63, 3.8) is 0 Å². The fraction of sp³-hybridized carbons (Fsp3) is 0.227. The lowest BCUT2D eigenvalue weighted by Crippen LogP contribution is -2.46. The van der Waals surface area contributed by atoms with Gasteiger partial charge in [-0.15, -0.1) is 0 Å². The number of aromatic nitrogens is 2. The predicted octanol–water partition coefficient (Wildman–Crippen LogP) is 4.14. The van der Waals surface area contributed by atoms with Crippen LogP contribution in [0.4, 0.5) is 26.0 Å². The topological polar surface area (TPSA) is 67.8 Å². The molecule has 0 radical (unpaired) electrons. The number of aryl methyl sites for hydroxylation is 2. The number of methoxy groups -OCH3 is 2. The molecule has 7 nitrogen and oxygen atoms in total. The van der Waals surface area contributed by atoms with Crippen molar-refractivity contribution in [3.8, 4) is 11.8 Å². The number of hydrogen-bond donors (Lipinski definition) is 0. The number of ether oxygens (including phenoxy) is 2. The van der Waals surface area contributed by atoms with Gasteiger partial charge in [0, 0.05) is 11.8 Å². The average Bonchev–Trinajstić information content (AvgIpc) is 2.75. The van der Waals surface area contributed by atoms with Crippen molar-refractivity contribution >= 4 is 23.1 Å². The first-order chi connectivity index (χ1) is 14.8. The molecule has 0 spiro atoms. The summed E-state index contributed by atoms with van der Waals surface area (Å²) in [5.41, 5.74) is 2.42. The summed E-state index contributed by atoms with van der Waals surface area (Å²) in [4.78, 5) is 25.1. The highest BCUT2D eigenvalue weighted by Gasteiger charge is 2.35. The maximum atomic E-state index is 14.5. The van der Waals surface area contributed by atoms with Gasteiger partial charge in [-0.3, -0.25) is 9.69 Å². The quantitative estimate of drug-likeness (QED) is 0.625. The third-order valence-electron chi connectivity index (χ3n) is 5.11. The van der Waals surface area contributed by atoms with Gasteiger partial charge in [-0.25, -0.2) is 13.8 Å². The molecule has 0 atom stereocenters. The van der Waals surface area contributed by atoms with Crippen LogP contribution in [0.25, 0.3) is 0 Å². The molecule has 0 saturated heterocycles.